The van der Waals surface area contributed by atoms with Crippen molar-refractivity contribution in [3.63, 3.8) is 0 Å². The van der Waals surface area contributed by atoms with Gasteiger partial charge in [-0.3, -0.25) is 14.4 Å². The molecular formula is C18H27N3O3. The maximum absolute atomic E-state index is 12.3. The van der Waals surface area contributed by atoms with Crippen molar-refractivity contribution in [3.05, 3.63) is 35.4 Å². The molecule has 6 heteroatoms. The average Bonchev–Trinajstić information content (AvgIpc) is 2.49. The third-order valence-corrected chi connectivity index (χ3v) is 3.39. The predicted molar refractivity (Wildman–Crippen MR) is 93.6 cm³/mol. The van der Waals surface area contributed by atoms with Gasteiger partial charge in [0.05, 0.1) is 6.54 Å². The van der Waals surface area contributed by atoms with Crippen LogP contribution in [0.25, 0.3) is 0 Å². The average molecular weight is 333 g/mol. The number of benzene rings is 1. The number of carbonyl (C=O) groups excluding carboxylic acids is 3. The Morgan fingerprint density at radius 3 is 2.25 bits per heavy atom. The third-order valence-electron chi connectivity index (χ3n) is 3.39. The number of aryl methyl sites for hydroxylation is 1. The molecule has 0 aliphatic carbocycles. The van der Waals surface area contributed by atoms with E-state index in [1.54, 1.807) is 18.2 Å². The van der Waals surface area contributed by atoms with Crippen LogP contribution in [0.5, 0.6) is 0 Å². The molecule has 0 heterocycles. The highest BCUT2D eigenvalue weighted by Gasteiger charge is 2.25. The van der Waals surface area contributed by atoms with Crippen molar-refractivity contribution < 1.29 is 14.4 Å². The summed E-state index contributed by atoms with van der Waals surface area (Å²) in [7, 11) is 0. The first kappa shape index (κ1) is 19.7. The second-order valence-corrected chi connectivity index (χ2v) is 6.50. The molecule has 3 N–H and O–H groups in total. The Morgan fingerprint density at radius 2 is 1.71 bits per heavy atom. The molecule has 1 atom stereocenters. The Balaban J connectivity index is 2.67. The van der Waals surface area contributed by atoms with Crippen LogP contribution in [0.3, 0.4) is 0 Å². The first-order valence-corrected chi connectivity index (χ1v) is 8.15. The summed E-state index contributed by atoms with van der Waals surface area (Å²) in [4.78, 5) is 36.3. The fourth-order valence-electron chi connectivity index (χ4n) is 2.20. The molecule has 6 nitrogen and oxygen atoms in total. The number of amides is 3. The van der Waals surface area contributed by atoms with Crippen molar-refractivity contribution in [3.8, 4) is 0 Å². The first-order valence-electron chi connectivity index (χ1n) is 8.15. The van der Waals surface area contributed by atoms with Gasteiger partial charge < -0.3 is 16.0 Å². The van der Waals surface area contributed by atoms with Gasteiger partial charge in [0.2, 0.25) is 11.8 Å². The van der Waals surface area contributed by atoms with E-state index in [1.165, 1.54) is 0 Å². The summed E-state index contributed by atoms with van der Waals surface area (Å²) < 4.78 is 0. The molecule has 132 valence electrons. The van der Waals surface area contributed by atoms with Gasteiger partial charge in [-0.2, -0.15) is 0 Å². The number of nitrogens with one attached hydrogen (secondary N) is 3. The highest BCUT2D eigenvalue weighted by Crippen LogP contribution is 2.07. The van der Waals surface area contributed by atoms with E-state index in [2.05, 4.69) is 16.0 Å². The van der Waals surface area contributed by atoms with Crippen LogP contribution in [0, 0.1) is 12.8 Å². The first-order chi connectivity index (χ1) is 11.2. The summed E-state index contributed by atoms with van der Waals surface area (Å²) in [6.07, 6.45) is 0. The zero-order valence-corrected chi connectivity index (χ0v) is 15.0. The van der Waals surface area contributed by atoms with E-state index >= 15 is 0 Å². The molecule has 3 amide bonds. The molecule has 0 radical (unpaired) electrons. The van der Waals surface area contributed by atoms with Crippen molar-refractivity contribution in [1.29, 1.82) is 0 Å². The van der Waals surface area contributed by atoms with E-state index in [9.17, 15) is 14.4 Å². The van der Waals surface area contributed by atoms with Crippen LogP contribution in [-0.4, -0.2) is 36.3 Å². The fraction of sp³-hybridized carbons (Fsp3) is 0.500. The Morgan fingerprint density at radius 1 is 1.04 bits per heavy atom. The smallest absolute Gasteiger partial charge is 0.251 e. The van der Waals surface area contributed by atoms with Crippen LogP contribution in [0.4, 0.5) is 0 Å². The Bertz CT molecular complexity index is 597. The summed E-state index contributed by atoms with van der Waals surface area (Å²) in [6, 6.07) is 6.47. The highest BCUT2D eigenvalue weighted by atomic mass is 16.2. The van der Waals surface area contributed by atoms with Gasteiger partial charge in [0.1, 0.15) is 6.04 Å². The molecule has 0 saturated carbocycles. The molecule has 1 aromatic carbocycles. The minimum Gasteiger partial charge on any atom is -0.352 e. The molecule has 0 aromatic heterocycles. The van der Waals surface area contributed by atoms with E-state index in [1.807, 2.05) is 40.7 Å². The quantitative estimate of drug-likeness (QED) is 0.705. The number of hydrogen-bond donors (Lipinski definition) is 3. The molecule has 0 saturated heterocycles. The van der Waals surface area contributed by atoms with E-state index in [-0.39, 0.29) is 36.2 Å². The van der Waals surface area contributed by atoms with Gasteiger partial charge in [-0.15, -0.1) is 0 Å². The van der Waals surface area contributed by atoms with Crippen molar-refractivity contribution in [2.75, 3.05) is 6.54 Å². The standard InChI is InChI=1S/C18H27N3O3/c1-11(2)16(18(24)19-10-15(22)20-12(3)4)21-17(23)14-8-6-7-13(5)9-14/h6-9,11-12,16H,10H2,1-5H3,(H,19,24)(H,20,22)(H,21,23)/t16-/m0/s1. The lowest BCUT2D eigenvalue weighted by Crippen LogP contribution is -2.51. The van der Waals surface area contributed by atoms with Crippen LogP contribution in [0.15, 0.2) is 24.3 Å². The van der Waals surface area contributed by atoms with Crippen molar-refractivity contribution in [2.24, 2.45) is 5.92 Å². The van der Waals surface area contributed by atoms with Crippen LogP contribution in [-0.2, 0) is 9.59 Å². The normalized spacial score (nSPS) is 12.0. The zero-order chi connectivity index (χ0) is 18.3. The fourth-order valence-corrected chi connectivity index (χ4v) is 2.20. The molecule has 24 heavy (non-hydrogen) atoms. The number of hydrogen-bond acceptors (Lipinski definition) is 3. The predicted octanol–water partition coefficient (Wildman–Crippen LogP) is 1.39. The van der Waals surface area contributed by atoms with Gasteiger partial charge in [0.25, 0.3) is 5.91 Å². The van der Waals surface area contributed by atoms with Gasteiger partial charge in [0.15, 0.2) is 0 Å². The minimum atomic E-state index is -0.704. The highest BCUT2D eigenvalue weighted by molar-refractivity contribution is 5.98. The largest absolute Gasteiger partial charge is 0.352 e. The van der Waals surface area contributed by atoms with E-state index in [4.69, 9.17) is 0 Å². The second-order valence-electron chi connectivity index (χ2n) is 6.50. The Hall–Kier alpha value is -2.37. The van der Waals surface area contributed by atoms with Gasteiger partial charge in [-0.25, -0.2) is 0 Å². The maximum Gasteiger partial charge on any atom is 0.251 e. The van der Waals surface area contributed by atoms with Gasteiger partial charge >= 0.3 is 0 Å². The van der Waals surface area contributed by atoms with Crippen molar-refractivity contribution >= 4 is 17.7 Å². The maximum atomic E-state index is 12.3. The third kappa shape index (κ3) is 6.40. The lowest BCUT2D eigenvalue weighted by atomic mass is 10.0. The molecular weight excluding hydrogens is 306 g/mol. The van der Waals surface area contributed by atoms with E-state index < -0.39 is 6.04 Å². The van der Waals surface area contributed by atoms with Crippen molar-refractivity contribution in [1.82, 2.24) is 16.0 Å². The van der Waals surface area contributed by atoms with Crippen LogP contribution >= 0.6 is 0 Å². The summed E-state index contributed by atoms with van der Waals surface area (Å²) >= 11 is 0. The summed E-state index contributed by atoms with van der Waals surface area (Å²) in [6.45, 7) is 9.17. The van der Waals surface area contributed by atoms with Gasteiger partial charge in [0, 0.05) is 11.6 Å². The molecule has 0 aliphatic heterocycles. The monoisotopic (exact) mass is 333 g/mol. The summed E-state index contributed by atoms with van der Waals surface area (Å²) in [5, 5.41) is 8.01. The minimum absolute atomic E-state index is 0.0105. The van der Waals surface area contributed by atoms with Crippen LogP contribution in [0.1, 0.15) is 43.6 Å². The molecule has 1 rings (SSSR count). The molecule has 0 spiro atoms. The van der Waals surface area contributed by atoms with Gasteiger partial charge in [-0.05, 0) is 38.8 Å². The van der Waals surface area contributed by atoms with E-state index in [0.717, 1.165) is 5.56 Å². The topological polar surface area (TPSA) is 87.3 Å². The number of carbonyl (C=O) groups is 3. The van der Waals surface area contributed by atoms with Crippen LogP contribution in [0.2, 0.25) is 0 Å². The summed E-state index contributed by atoms with van der Waals surface area (Å²) in [5.74, 6) is -1.04. The Kier molecular flexibility index (Phi) is 7.42. The molecule has 0 unspecified atom stereocenters. The molecule has 0 fully saturated rings. The molecule has 0 aliphatic rings. The molecule has 0 bridgehead atoms. The number of rotatable bonds is 7. The van der Waals surface area contributed by atoms with Crippen molar-refractivity contribution in [2.45, 2.75) is 46.7 Å². The van der Waals surface area contributed by atoms with E-state index in [0.29, 0.717) is 5.56 Å². The van der Waals surface area contributed by atoms with Gasteiger partial charge in [-0.1, -0.05) is 31.5 Å². The summed E-state index contributed by atoms with van der Waals surface area (Å²) in [5.41, 5.74) is 1.48. The SMILES string of the molecule is Cc1cccc(C(=O)N[C@H](C(=O)NCC(=O)NC(C)C)C(C)C)c1. The zero-order valence-electron chi connectivity index (χ0n) is 15.0. The Labute approximate surface area is 143 Å². The lowest BCUT2D eigenvalue weighted by Gasteiger charge is -2.22. The lowest BCUT2D eigenvalue weighted by molar-refractivity contribution is -0.128. The van der Waals surface area contributed by atoms with Crippen LogP contribution < -0.4 is 16.0 Å². The molecule has 1 aromatic rings. The second kappa shape index (κ2) is 9.05.